The minimum absolute atomic E-state index is 0.266. The van der Waals surface area contributed by atoms with Crippen LogP contribution in [0.25, 0.3) is 0 Å². The summed E-state index contributed by atoms with van der Waals surface area (Å²) in [5, 5.41) is 2.54. The first-order chi connectivity index (χ1) is 9.08. The highest BCUT2D eigenvalue weighted by Gasteiger charge is 2.19. The van der Waals surface area contributed by atoms with E-state index in [1.54, 1.807) is 0 Å². The second-order valence-electron chi connectivity index (χ2n) is 4.52. The number of carbonyl (C=O) groups excluding carboxylic acids is 1. The van der Waals surface area contributed by atoms with Gasteiger partial charge in [-0.05, 0) is 30.9 Å². The van der Waals surface area contributed by atoms with Crippen molar-refractivity contribution in [3.05, 3.63) is 33.8 Å². The van der Waals surface area contributed by atoms with Gasteiger partial charge in [-0.1, -0.05) is 15.9 Å². The van der Waals surface area contributed by atoms with Crippen LogP contribution in [0.3, 0.4) is 0 Å². The van der Waals surface area contributed by atoms with Crippen molar-refractivity contribution >= 4 is 21.8 Å². The van der Waals surface area contributed by atoms with Crippen molar-refractivity contribution in [2.24, 2.45) is 5.92 Å². The van der Waals surface area contributed by atoms with Gasteiger partial charge >= 0.3 is 0 Å². The average molecular weight is 334 g/mol. The molecule has 104 valence electrons. The highest BCUT2D eigenvalue weighted by atomic mass is 79.9. The highest BCUT2D eigenvalue weighted by Crippen LogP contribution is 2.19. The van der Waals surface area contributed by atoms with Crippen LogP contribution in [0, 0.1) is 17.6 Å². The molecule has 1 amide bonds. The number of hydrogen-bond donors (Lipinski definition) is 1. The summed E-state index contributed by atoms with van der Waals surface area (Å²) >= 11 is 2.97. The van der Waals surface area contributed by atoms with Crippen molar-refractivity contribution in [2.75, 3.05) is 19.8 Å². The maximum absolute atomic E-state index is 13.5. The summed E-state index contributed by atoms with van der Waals surface area (Å²) in [6, 6.07) is 2.14. The van der Waals surface area contributed by atoms with Gasteiger partial charge in [-0.15, -0.1) is 0 Å². The fraction of sp³-hybridized carbons (Fsp3) is 0.462. The van der Waals surface area contributed by atoms with Crippen molar-refractivity contribution < 1.29 is 18.3 Å². The predicted octanol–water partition coefficient (Wildman–Crippen LogP) is 2.88. The van der Waals surface area contributed by atoms with Crippen LogP contribution in [0.5, 0.6) is 0 Å². The van der Waals surface area contributed by atoms with Crippen LogP contribution in [0.2, 0.25) is 0 Å². The standard InChI is InChI=1S/C13H14BrF2NO2/c14-9-5-10(15)12(11(16)6-9)13(18)17-3-1-8-2-4-19-7-8/h5-6,8H,1-4,7H2,(H,17,18). The van der Waals surface area contributed by atoms with Gasteiger partial charge in [0, 0.05) is 24.2 Å². The smallest absolute Gasteiger partial charge is 0.257 e. The Kier molecular flexibility index (Phi) is 4.87. The summed E-state index contributed by atoms with van der Waals surface area (Å²) in [4.78, 5) is 11.7. The fourth-order valence-corrected chi connectivity index (χ4v) is 2.45. The molecule has 2 rings (SSSR count). The monoisotopic (exact) mass is 333 g/mol. The molecule has 1 N–H and O–H groups in total. The maximum atomic E-state index is 13.5. The van der Waals surface area contributed by atoms with Crippen LogP contribution in [0.15, 0.2) is 16.6 Å². The van der Waals surface area contributed by atoms with E-state index < -0.39 is 23.1 Å². The van der Waals surface area contributed by atoms with E-state index in [2.05, 4.69) is 21.2 Å². The van der Waals surface area contributed by atoms with E-state index in [1.807, 2.05) is 0 Å². The molecule has 0 aromatic heterocycles. The van der Waals surface area contributed by atoms with Crippen molar-refractivity contribution in [1.82, 2.24) is 5.32 Å². The summed E-state index contributed by atoms with van der Waals surface area (Å²) in [6.07, 6.45) is 1.72. The van der Waals surface area contributed by atoms with Crippen LogP contribution in [-0.4, -0.2) is 25.7 Å². The van der Waals surface area contributed by atoms with Gasteiger partial charge in [-0.25, -0.2) is 8.78 Å². The van der Waals surface area contributed by atoms with E-state index in [1.165, 1.54) is 0 Å². The minimum atomic E-state index is -0.867. The molecule has 19 heavy (non-hydrogen) atoms. The first kappa shape index (κ1) is 14.4. The predicted molar refractivity (Wildman–Crippen MR) is 69.9 cm³/mol. The maximum Gasteiger partial charge on any atom is 0.257 e. The summed E-state index contributed by atoms with van der Waals surface area (Å²) in [5.41, 5.74) is -0.536. The van der Waals surface area contributed by atoms with Crippen molar-refractivity contribution in [1.29, 1.82) is 0 Å². The molecule has 6 heteroatoms. The molecule has 1 atom stereocenters. The Morgan fingerprint density at radius 2 is 2.11 bits per heavy atom. The number of benzene rings is 1. The lowest BCUT2D eigenvalue weighted by molar-refractivity contribution is 0.0942. The number of nitrogens with one attached hydrogen (secondary N) is 1. The van der Waals surface area contributed by atoms with Gasteiger partial charge in [0.05, 0.1) is 0 Å². The van der Waals surface area contributed by atoms with E-state index in [0.717, 1.165) is 31.6 Å². The van der Waals surface area contributed by atoms with Crippen LogP contribution in [0.4, 0.5) is 8.78 Å². The van der Waals surface area contributed by atoms with Gasteiger partial charge in [-0.2, -0.15) is 0 Å². The third kappa shape index (κ3) is 3.73. The lowest BCUT2D eigenvalue weighted by Crippen LogP contribution is -2.27. The summed E-state index contributed by atoms with van der Waals surface area (Å²) < 4.78 is 32.6. The number of hydrogen-bond acceptors (Lipinski definition) is 2. The first-order valence-electron chi connectivity index (χ1n) is 6.08. The summed E-state index contributed by atoms with van der Waals surface area (Å²) in [5.74, 6) is -2.04. The molecule has 1 saturated heterocycles. The Labute approximate surface area is 118 Å². The van der Waals surface area contributed by atoms with E-state index in [9.17, 15) is 13.6 Å². The molecule has 0 radical (unpaired) electrons. The Hall–Kier alpha value is -1.01. The Bertz CT molecular complexity index is 453. The van der Waals surface area contributed by atoms with Crippen molar-refractivity contribution in [2.45, 2.75) is 12.8 Å². The summed E-state index contributed by atoms with van der Waals surface area (Å²) in [6.45, 7) is 1.83. The minimum Gasteiger partial charge on any atom is -0.381 e. The molecule has 1 aliphatic heterocycles. The van der Waals surface area contributed by atoms with Crippen molar-refractivity contribution in [3.63, 3.8) is 0 Å². The average Bonchev–Trinajstić information content (AvgIpc) is 2.80. The molecule has 1 aliphatic rings. The lowest BCUT2D eigenvalue weighted by atomic mass is 10.1. The molecule has 3 nitrogen and oxygen atoms in total. The SMILES string of the molecule is O=C(NCCC1CCOC1)c1c(F)cc(Br)cc1F. The first-order valence-corrected chi connectivity index (χ1v) is 6.87. The normalized spacial score (nSPS) is 18.6. The zero-order chi connectivity index (χ0) is 13.8. The van der Waals surface area contributed by atoms with Gasteiger partial charge in [0.1, 0.15) is 17.2 Å². The fourth-order valence-electron chi connectivity index (χ4n) is 2.05. The Morgan fingerprint density at radius 1 is 1.42 bits per heavy atom. The highest BCUT2D eigenvalue weighted by molar-refractivity contribution is 9.10. The third-order valence-corrected chi connectivity index (χ3v) is 3.55. The number of halogens is 3. The lowest BCUT2D eigenvalue weighted by Gasteiger charge is -2.10. The molecular weight excluding hydrogens is 320 g/mol. The molecular formula is C13H14BrF2NO2. The Balaban J connectivity index is 1.92. The van der Waals surface area contributed by atoms with Gasteiger partial charge in [0.15, 0.2) is 0 Å². The largest absolute Gasteiger partial charge is 0.381 e. The summed E-state index contributed by atoms with van der Waals surface area (Å²) in [7, 11) is 0. The van der Waals surface area contributed by atoms with Crippen LogP contribution in [0.1, 0.15) is 23.2 Å². The molecule has 0 aliphatic carbocycles. The van der Waals surface area contributed by atoms with E-state index >= 15 is 0 Å². The molecule has 0 spiro atoms. The zero-order valence-corrected chi connectivity index (χ0v) is 11.8. The van der Waals surface area contributed by atoms with Crippen LogP contribution < -0.4 is 5.32 Å². The van der Waals surface area contributed by atoms with Gasteiger partial charge in [-0.3, -0.25) is 4.79 Å². The topological polar surface area (TPSA) is 38.3 Å². The quantitative estimate of drug-likeness (QED) is 0.920. The van der Waals surface area contributed by atoms with Gasteiger partial charge in [0.2, 0.25) is 0 Å². The third-order valence-electron chi connectivity index (χ3n) is 3.10. The molecule has 1 aromatic carbocycles. The van der Waals surface area contributed by atoms with Crippen LogP contribution >= 0.6 is 15.9 Å². The molecule has 1 fully saturated rings. The number of rotatable bonds is 4. The zero-order valence-electron chi connectivity index (χ0n) is 10.2. The molecule has 1 aromatic rings. The van der Waals surface area contributed by atoms with Crippen LogP contribution in [-0.2, 0) is 4.74 Å². The number of carbonyl (C=O) groups is 1. The van der Waals surface area contributed by atoms with Crippen molar-refractivity contribution in [3.8, 4) is 0 Å². The van der Waals surface area contributed by atoms with Gasteiger partial charge in [0.25, 0.3) is 5.91 Å². The molecule has 1 heterocycles. The second kappa shape index (κ2) is 6.43. The van der Waals surface area contributed by atoms with E-state index in [0.29, 0.717) is 19.1 Å². The second-order valence-corrected chi connectivity index (χ2v) is 5.43. The Morgan fingerprint density at radius 3 is 2.68 bits per heavy atom. The van der Waals surface area contributed by atoms with Gasteiger partial charge < -0.3 is 10.1 Å². The van der Waals surface area contributed by atoms with E-state index in [4.69, 9.17) is 4.74 Å². The number of ether oxygens (including phenoxy) is 1. The number of amides is 1. The molecule has 1 unspecified atom stereocenters. The molecule has 0 saturated carbocycles. The van der Waals surface area contributed by atoms with E-state index in [-0.39, 0.29) is 4.47 Å². The molecule has 0 bridgehead atoms.